The molecule has 1 aromatic heterocycles. The number of carboxylic acids is 1. The largest absolute Gasteiger partial charge is 0.489 e. The van der Waals surface area contributed by atoms with Crippen LogP contribution in [0.3, 0.4) is 0 Å². The van der Waals surface area contributed by atoms with Gasteiger partial charge in [-0.2, -0.15) is 0 Å². The molecule has 5 nitrogen and oxygen atoms in total. The van der Waals surface area contributed by atoms with E-state index in [-0.39, 0.29) is 5.56 Å². The molecule has 1 unspecified atom stereocenters. The average molecular weight is 337 g/mol. The van der Waals surface area contributed by atoms with Crippen molar-refractivity contribution in [3.8, 4) is 5.75 Å². The molecule has 0 aliphatic carbocycles. The van der Waals surface area contributed by atoms with Crippen molar-refractivity contribution in [1.29, 1.82) is 0 Å². The highest BCUT2D eigenvalue weighted by molar-refractivity contribution is 5.83. The first-order chi connectivity index (χ1) is 12.0. The van der Waals surface area contributed by atoms with Gasteiger partial charge in [-0.1, -0.05) is 29.8 Å². The van der Waals surface area contributed by atoms with Crippen LogP contribution in [0.4, 0.5) is 0 Å². The van der Waals surface area contributed by atoms with Crippen molar-refractivity contribution in [2.75, 3.05) is 0 Å². The molecule has 0 spiro atoms. The highest BCUT2D eigenvalue weighted by atomic mass is 16.5. The first-order valence-electron chi connectivity index (χ1n) is 8.02. The fourth-order valence-electron chi connectivity index (χ4n) is 2.61. The van der Waals surface area contributed by atoms with Gasteiger partial charge in [0.25, 0.3) is 5.56 Å². The Morgan fingerprint density at radius 3 is 2.56 bits per heavy atom. The number of ether oxygens (including phenoxy) is 1. The molecule has 0 radical (unpaired) electrons. The van der Waals surface area contributed by atoms with Gasteiger partial charge >= 0.3 is 5.97 Å². The van der Waals surface area contributed by atoms with E-state index in [4.69, 9.17) is 9.84 Å². The molecule has 0 aliphatic rings. The predicted molar refractivity (Wildman–Crippen MR) is 96.1 cm³/mol. The quantitative estimate of drug-likeness (QED) is 0.773. The molecular formula is C20H19NO4. The summed E-state index contributed by atoms with van der Waals surface area (Å²) in [6, 6.07) is 14.1. The van der Waals surface area contributed by atoms with E-state index in [0.717, 1.165) is 10.9 Å². The number of pyridine rings is 1. The zero-order chi connectivity index (χ0) is 18.0. The maximum atomic E-state index is 12.5. The maximum Gasteiger partial charge on any atom is 0.326 e. The zero-order valence-corrected chi connectivity index (χ0v) is 14.1. The number of benzene rings is 2. The van der Waals surface area contributed by atoms with Crippen LogP contribution < -0.4 is 10.3 Å². The number of carboxylic acid groups (broad SMARTS) is 1. The molecule has 5 heteroatoms. The van der Waals surface area contributed by atoms with Gasteiger partial charge in [-0.3, -0.25) is 4.79 Å². The number of aliphatic carboxylic acids is 1. The Kier molecular flexibility index (Phi) is 4.57. The second-order valence-electron chi connectivity index (χ2n) is 6.07. The lowest BCUT2D eigenvalue weighted by Gasteiger charge is -2.12. The number of hydrogen-bond acceptors (Lipinski definition) is 3. The average Bonchev–Trinajstić information content (AvgIpc) is 2.61. The Labute approximate surface area is 145 Å². The third kappa shape index (κ3) is 3.55. The molecule has 0 bridgehead atoms. The molecular weight excluding hydrogens is 318 g/mol. The van der Waals surface area contributed by atoms with E-state index < -0.39 is 12.0 Å². The lowest BCUT2D eigenvalue weighted by atomic mass is 10.1. The van der Waals surface area contributed by atoms with Crippen molar-refractivity contribution in [1.82, 2.24) is 4.57 Å². The van der Waals surface area contributed by atoms with Crippen LogP contribution in [-0.4, -0.2) is 15.6 Å². The summed E-state index contributed by atoms with van der Waals surface area (Å²) in [5, 5.41) is 10.3. The number of rotatable bonds is 5. The molecule has 25 heavy (non-hydrogen) atoms. The smallest absolute Gasteiger partial charge is 0.326 e. The SMILES string of the molecule is Cc1ccc(COc2ccc3c(=O)n(C(C)C(=O)O)ccc3c2)cc1. The topological polar surface area (TPSA) is 68.5 Å². The summed E-state index contributed by atoms with van der Waals surface area (Å²) < 4.78 is 7.01. The van der Waals surface area contributed by atoms with Gasteiger partial charge in [0.2, 0.25) is 0 Å². The fraction of sp³-hybridized carbons (Fsp3) is 0.200. The molecule has 3 aromatic rings. The van der Waals surface area contributed by atoms with Crippen molar-refractivity contribution in [2.45, 2.75) is 26.5 Å². The number of nitrogens with zero attached hydrogens (tertiary/aromatic N) is 1. The lowest BCUT2D eigenvalue weighted by molar-refractivity contribution is -0.140. The van der Waals surface area contributed by atoms with Crippen molar-refractivity contribution >= 4 is 16.7 Å². The van der Waals surface area contributed by atoms with E-state index in [9.17, 15) is 9.59 Å². The Hall–Kier alpha value is -3.08. The van der Waals surface area contributed by atoms with Crippen LogP contribution in [0, 0.1) is 6.92 Å². The van der Waals surface area contributed by atoms with Crippen LogP contribution in [0.2, 0.25) is 0 Å². The van der Waals surface area contributed by atoms with Gasteiger partial charge < -0.3 is 14.4 Å². The molecule has 2 aromatic carbocycles. The maximum absolute atomic E-state index is 12.5. The van der Waals surface area contributed by atoms with Crippen molar-refractivity contribution in [3.63, 3.8) is 0 Å². The second kappa shape index (κ2) is 6.81. The van der Waals surface area contributed by atoms with E-state index in [1.165, 1.54) is 23.3 Å². The van der Waals surface area contributed by atoms with Crippen LogP contribution in [0.5, 0.6) is 5.75 Å². The summed E-state index contributed by atoms with van der Waals surface area (Å²) in [7, 11) is 0. The normalized spacial score (nSPS) is 12.1. The lowest BCUT2D eigenvalue weighted by Crippen LogP contribution is -2.27. The van der Waals surface area contributed by atoms with Gasteiger partial charge in [0.1, 0.15) is 18.4 Å². The van der Waals surface area contributed by atoms with Crippen LogP contribution in [0.15, 0.2) is 59.5 Å². The standard InChI is InChI=1S/C20H19NO4/c1-13-3-5-15(6-4-13)12-25-17-7-8-18-16(11-17)9-10-21(19(18)22)14(2)20(23)24/h3-11,14H,12H2,1-2H3,(H,23,24). The van der Waals surface area contributed by atoms with E-state index in [1.807, 2.05) is 31.2 Å². The summed E-state index contributed by atoms with van der Waals surface area (Å²) in [6.45, 7) is 3.96. The monoisotopic (exact) mass is 337 g/mol. The van der Waals surface area contributed by atoms with Gasteiger partial charge in [-0.25, -0.2) is 4.79 Å². The van der Waals surface area contributed by atoms with Crippen LogP contribution in [0.1, 0.15) is 24.1 Å². The van der Waals surface area contributed by atoms with Crippen LogP contribution in [0.25, 0.3) is 10.8 Å². The minimum Gasteiger partial charge on any atom is -0.489 e. The van der Waals surface area contributed by atoms with Crippen molar-refractivity contribution in [3.05, 3.63) is 76.2 Å². The van der Waals surface area contributed by atoms with E-state index >= 15 is 0 Å². The summed E-state index contributed by atoms with van der Waals surface area (Å²) in [5.41, 5.74) is 1.94. The number of hydrogen-bond donors (Lipinski definition) is 1. The van der Waals surface area contributed by atoms with E-state index in [0.29, 0.717) is 17.7 Å². The zero-order valence-electron chi connectivity index (χ0n) is 14.1. The molecule has 1 heterocycles. The molecule has 128 valence electrons. The number of carbonyl (C=O) groups is 1. The number of aryl methyl sites for hydroxylation is 1. The molecule has 3 rings (SSSR count). The highest BCUT2D eigenvalue weighted by Gasteiger charge is 2.15. The third-order valence-corrected chi connectivity index (χ3v) is 4.20. The minimum absolute atomic E-state index is 0.322. The van der Waals surface area contributed by atoms with Gasteiger partial charge in [-0.05, 0) is 49.1 Å². The molecule has 0 aliphatic heterocycles. The fourth-order valence-corrected chi connectivity index (χ4v) is 2.61. The van der Waals surface area contributed by atoms with Crippen molar-refractivity contribution in [2.24, 2.45) is 0 Å². The van der Waals surface area contributed by atoms with Gasteiger partial charge in [-0.15, -0.1) is 0 Å². The summed E-state index contributed by atoms with van der Waals surface area (Å²) >= 11 is 0. The van der Waals surface area contributed by atoms with Crippen LogP contribution >= 0.6 is 0 Å². The predicted octanol–water partition coefficient (Wildman–Crippen LogP) is 3.53. The molecule has 0 saturated carbocycles. The number of aromatic nitrogens is 1. The second-order valence-corrected chi connectivity index (χ2v) is 6.07. The first kappa shape index (κ1) is 16.8. The Bertz CT molecular complexity index is 973. The molecule has 0 saturated heterocycles. The summed E-state index contributed by atoms with van der Waals surface area (Å²) in [5.74, 6) is -0.379. The number of fused-ring (bicyclic) bond motifs is 1. The van der Waals surface area contributed by atoms with Gasteiger partial charge in [0, 0.05) is 11.6 Å². The third-order valence-electron chi connectivity index (χ3n) is 4.20. The molecule has 0 fully saturated rings. The minimum atomic E-state index is -1.04. The van der Waals surface area contributed by atoms with Crippen molar-refractivity contribution < 1.29 is 14.6 Å². The Morgan fingerprint density at radius 2 is 1.88 bits per heavy atom. The molecule has 1 atom stereocenters. The molecule has 1 N–H and O–H groups in total. The van der Waals surface area contributed by atoms with E-state index in [2.05, 4.69) is 0 Å². The summed E-state index contributed by atoms with van der Waals surface area (Å²) in [6.07, 6.45) is 1.51. The molecule has 0 amide bonds. The Balaban J connectivity index is 1.85. The Morgan fingerprint density at radius 1 is 1.16 bits per heavy atom. The van der Waals surface area contributed by atoms with E-state index in [1.54, 1.807) is 24.3 Å². The van der Waals surface area contributed by atoms with Gasteiger partial charge in [0.05, 0.1) is 0 Å². The summed E-state index contributed by atoms with van der Waals surface area (Å²) in [4.78, 5) is 23.6. The van der Waals surface area contributed by atoms with Crippen LogP contribution in [-0.2, 0) is 11.4 Å². The first-order valence-corrected chi connectivity index (χ1v) is 8.02. The highest BCUT2D eigenvalue weighted by Crippen LogP contribution is 2.20. The van der Waals surface area contributed by atoms with Gasteiger partial charge in [0.15, 0.2) is 0 Å².